The van der Waals surface area contributed by atoms with Gasteiger partial charge < -0.3 is 9.64 Å². The summed E-state index contributed by atoms with van der Waals surface area (Å²) in [7, 11) is 0. The molecule has 1 aromatic carbocycles. The Kier molecular flexibility index (Phi) is 4.51. The number of aromatic nitrogens is 4. The van der Waals surface area contributed by atoms with Crippen LogP contribution in [0.1, 0.15) is 37.6 Å². The molecule has 7 heteroatoms. The van der Waals surface area contributed by atoms with Gasteiger partial charge in [-0.05, 0) is 36.8 Å². The number of rotatable bonds is 4. The summed E-state index contributed by atoms with van der Waals surface area (Å²) in [4.78, 5) is 14.4. The quantitative estimate of drug-likeness (QED) is 0.649. The molecule has 3 aliphatic rings. The van der Waals surface area contributed by atoms with Gasteiger partial charge in [0.1, 0.15) is 11.6 Å². The molecule has 2 saturated heterocycles. The maximum absolute atomic E-state index is 5.36. The zero-order valence-electron chi connectivity index (χ0n) is 18.4. The molecule has 1 aliphatic carbocycles. The first-order valence-electron chi connectivity index (χ1n) is 11.5. The molecule has 0 N–H and O–H groups in total. The second kappa shape index (κ2) is 7.28. The highest BCUT2D eigenvalue weighted by Gasteiger charge is 2.34. The Hall–Kier alpha value is -2.51. The zero-order valence-corrected chi connectivity index (χ0v) is 18.4. The standard InChI is InChI=1S/C24H30N6O/c1-17-26-22(29-10-8-28(9-11-29)20-15-31-16-20)13-23(27-17)30-21-12-19(24(2)6-3-7-24)5-4-18(21)14-25-30/h4-5,12-14,20H,3,6-11,15-16H2,1-2H3. The molecular weight excluding hydrogens is 388 g/mol. The third-order valence-electron chi connectivity index (χ3n) is 7.53. The van der Waals surface area contributed by atoms with Gasteiger partial charge in [0.15, 0.2) is 5.82 Å². The topological polar surface area (TPSA) is 59.3 Å². The van der Waals surface area contributed by atoms with Crippen LogP contribution >= 0.6 is 0 Å². The smallest absolute Gasteiger partial charge is 0.159 e. The first-order valence-corrected chi connectivity index (χ1v) is 11.5. The molecule has 3 fully saturated rings. The van der Waals surface area contributed by atoms with Crippen molar-refractivity contribution in [1.82, 2.24) is 24.6 Å². The first kappa shape index (κ1) is 19.2. The summed E-state index contributed by atoms with van der Waals surface area (Å²) in [6.45, 7) is 10.2. The van der Waals surface area contributed by atoms with E-state index in [-0.39, 0.29) is 0 Å². The number of fused-ring (bicyclic) bond motifs is 1. The summed E-state index contributed by atoms with van der Waals surface area (Å²) < 4.78 is 7.35. The van der Waals surface area contributed by atoms with Crippen molar-refractivity contribution < 1.29 is 4.74 Å². The SMILES string of the molecule is Cc1nc(N2CCN(C3COC3)CC2)cc(-n2ncc3ccc(C4(C)CCC4)cc32)n1. The van der Waals surface area contributed by atoms with Crippen molar-refractivity contribution in [3.05, 3.63) is 41.9 Å². The summed E-state index contributed by atoms with van der Waals surface area (Å²) in [6, 6.07) is 9.50. The molecule has 0 bridgehead atoms. The van der Waals surface area contributed by atoms with Crippen molar-refractivity contribution in [1.29, 1.82) is 0 Å². The molecule has 3 aromatic rings. The fourth-order valence-electron chi connectivity index (χ4n) is 5.13. The van der Waals surface area contributed by atoms with Crippen molar-refractivity contribution in [2.75, 3.05) is 44.3 Å². The van der Waals surface area contributed by atoms with E-state index in [9.17, 15) is 0 Å². The highest BCUT2D eigenvalue weighted by atomic mass is 16.5. The normalized spacial score (nSPS) is 21.8. The lowest BCUT2D eigenvalue weighted by Gasteiger charge is -2.42. The Morgan fingerprint density at radius 2 is 1.77 bits per heavy atom. The van der Waals surface area contributed by atoms with Gasteiger partial charge in [-0.2, -0.15) is 5.10 Å². The summed E-state index contributed by atoms with van der Waals surface area (Å²) in [5, 5.41) is 5.85. The number of ether oxygens (including phenoxy) is 1. The Morgan fingerprint density at radius 3 is 2.45 bits per heavy atom. The maximum atomic E-state index is 5.36. The van der Waals surface area contributed by atoms with Crippen LogP contribution in [0.4, 0.5) is 5.82 Å². The van der Waals surface area contributed by atoms with Crippen molar-refractivity contribution in [2.45, 2.75) is 44.6 Å². The van der Waals surface area contributed by atoms with Gasteiger partial charge in [-0.1, -0.05) is 25.5 Å². The van der Waals surface area contributed by atoms with Crippen molar-refractivity contribution in [3.63, 3.8) is 0 Å². The van der Waals surface area contributed by atoms with Crippen LogP contribution in [0.15, 0.2) is 30.5 Å². The van der Waals surface area contributed by atoms with E-state index in [0.29, 0.717) is 11.5 Å². The number of nitrogens with zero attached hydrogens (tertiary/aromatic N) is 6. The van der Waals surface area contributed by atoms with Gasteiger partial charge in [0.25, 0.3) is 0 Å². The lowest BCUT2D eigenvalue weighted by atomic mass is 9.66. The molecule has 162 valence electrons. The second-order valence-corrected chi connectivity index (χ2v) is 9.59. The molecule has 0 spiro atoms. The van der Waals surface area contributed by atoms with Crippen LogP contribution in [0, 0.1) is 6.92 Å². The third kappa shape index (κ3) is 3.31. The predicted octanol–water partition coefficient (Wildman–Crippen LogP) is 3.09. The second-order valence-electron chi connectivity index (χ2n) is 9.59. The summed E-state index contributed by atoms with van der Waals surface area (Å²) >= 11 is 0. The summed E-state index contributed by atoms with van der Waals surface area (Å²) in [6.07, 6.45) is 5.80. The van der Waals surface area contributed by atoms with E-state index >= 15 is 0 Å². The number of anilines is 1. The van der Waals surface area contributed by atoms with E-state index in [0.717, 1.165) is 67.8 Å². The van der Waals surface area contributed by atoms with Crippen molar-refractivity contribution >= 4 is 16.7 Å². The van der Waals surface area contributed by atoms with Crippen molar-refractivity contribution in [2.24, 2.45) is 0 Å². The molecule has 2 aliphatic heterocycles. The minimum Gasteiger partial charge on any atom is -0.378 e. The number of piperazine rings is 1. The molecule has 0 radical (unpaired) electrons. The fraction of sp³-hybridized carbons (Fsp3) is 0.542. The van der Waals surface area contributed by atoms with E-state index in [1.165, 1.54) is 24.8 Å². The number of benzene rings is 1. The molecule has 1 saturated carbocycles. The Morgan fingerprint density at radius 1 is 1.00 bits per heavy atom. The van der Waals surface area contributed by atoms with E-state index in [4.69, 9.17) is 19.8 Å². The van der Waals surface area contributed by atoms with Crippen molar-refractivity contribution in [3.8, 4) is 5.82 Å². The predicted molar refractivity (Wildman–Crippen MR) is 121 cm³/mol. The molecule has 4 heterocycles. The van der Waals surface area contributed by atoms with Crippen LogP contribution in [0.2, 0.25) is 0 Å². The van der Waals surface area contributed by atoms with Crippen LogP contribution in [0.5, 0.6) is 0 Å². The molecule has 6 rings (SSSR count). The lowest BCUT2D eigenvalue weighted by molar-refractivity contribution is -0.0661. The third-order valence-corrected chi connectivity index (χ3v) is 7.53. The fourth-order valence-corrected chi connectivity index (χ4v) is 5.13. The highest BCUT2D eigenvalue weighted by molar-refractivity contribution is 5.81. The van der Waals surface area contributed by atoms with Gasteiger partial charge in [0, 0.05) is 37.6 Å². The lowest BCUT2D eigenvalue weighted by Crippen LogP contribution is -2.56. The molecule has 2 aromatic heterocycles. The minimum absolute atomic E-state index is 0.307. The van der Waals surface area contributed by atoms with E-state index in [1.54, 1.807) is 0 Å². The van der Waals surface area contributed by atoms with Gasteiger partial charge in [0.05, 0.1) is 31.0 Å². The van der Waals surface area contributed by atoms with E-state index in [1.807, 2.05) is 17.8 Å². The van der Waals surface area contributed by atoms with Gasteiger partial charge in [-0.25, -0.2) is 14.6 Å². The van der Waals surface area contributed by atoms with Gasteiger partial charge >= 0.3 is 0 Å². The minimum atomic E-state index is 0.307. The number of hydrogen-bond acceptors (Lipinski definition) is 6. The van der Waals surface area contributed by atoms with Gasteiger partial charge in [0.2, 0.25) is 0 Å². The average molecular weight is 419 g/mol. The molecule has 0 unspecified atom stereocenters. The molecule has 7 nitrogen and oxygen atoms in total. The Labute approximate surface area is 183 Å². The van der Waals surface area contributed by atoms with Crippen LogP contribution in [-0.2, 0) is 10.2 Å². The largest absolute Gasteiger partial charge is 0.378 e. The molecule has 0 atom stereocenters. The number of aryl methyl sites for hydroxylation is 1. The average Bonchev–Trinajstić information content (AvgIpc) is 3.14. The van der Waals surface area contributed by atoms with Crippen LogP contribution in [0.25, 0.3) is 16.7 Å². The molecule has 0 amide bonds. The summed E-state index contributed by atoms with van der Waals surface area (Å²) in [5.41, 5.74) is 2.85. The summed E-state index contributed by atoms with van der Waals surface area (Å²) in [5.74, 6) is 2.63. The van der Waals surface area contributed by atoms with Crippen LogP contribution in [0.3, 0.4) is 0 Å². The Bertz CT molecular complexity index is 1110. The van der Waals surface area contributed by atoms with Crippen LogP contribution < -0.4 is 4.90 Å². The first-order chi connectivity index (χ1) is 15.1. The monoisotopic (exact) mass is 418 g/mol. The Balaban J connectivity index is 1.30. The van der Waals surface area contributed by atoms with E-state index in [2.05, 4.69) is 41.0 Å². The van der Waals surface area contributed by atoms with Gasteiger partial charge in [-0.3, -0.25) is 4.90 Å². The van der Waals surface area contributed by atoms with E-state index < -0.39 is 0 Å². The molecule has 31 heavy (non-hydrogen) atoms. The van der Waals surface area contributed by atoms with Crippen LogP contribution in [-0.4, -0.2) is 70.1 Å². The van der Waals surface area contributed by atoms with Gasteiger partial charge in [-0.15, -0.1) is 0 Å². The molecular formula is C24H30N6O. The maximum Gasteiger partial charge on any atom is 0.159 e. The highest BCUT2D eigenvalue weighted by Crippen LogP contribution is 2.43. The zero-order chi connectivity index (χ0) is 21.0. The number of hydrogen-bond donors (Lipinski definition) is 0.